The van der Waals surface area contributed by atoms with Gasteiger partial charge in [0, 0.05) is 17.0 Å². The Hall–Kier alpha value is -3.88. The van der Waals surface area contributed by atoms with Crippen molar-refractivity contribution in [1.82, 2.24) is 0 Å². The SMILES string of the molecule is COc1cc([N+](=O)[O-])ccc1NC(=O)COC(=O)Cc1coc2cc(C)c(C)cc12. The van der Waals surface area contributed by atoms with Crippen LogP contribution >= 0.6 is 0 Å². The van der Waals surface area contributed by atoms with Gasteiger partial charge in [0.25, 0.3) is 11.6 Å². The molecule has 0 aliphatic heterocycles. The summed E-state index contributed by atoms with van der Waals surface area (Å²) in [5, 5.41) is 14.2. The topological polar surface area (TPSA) is 121 Å². The number of anilines is 1. The lowest BCUT2D eigenvalue weighted by molar-refractivity contribution is -0.384. The average molecular weight is 412 g/mol. The Labute approximate surface area is 171 Å². The number of nitro benzene ring substituents is 1. The van der Waals surface area contributed by atoms with Crippen LogP contribution in [0.25, 0.3) is 11.0 Å². The number of amides is 1. The van der Waals surface area contributed by atoms with Gasteiger partial charge in [0.2, 0.25) is 0 Å². The summed E-state index contributed by atoms with van der Waals surface area (Å²) < 4.78 is 15.6. The number of ether oxygens (including phenoxy) is 2. The lowest BCUT2D eigenvalue weighted by atomic mass is 10.0. The maximum Gasteiger partial charge on any atom is 0.310 e. The molecule has 0 saturated carbocycles. The smallest absolute Gasteiger partial charge is 0.310 e. The highest BCUT2D eigenvalue weighted by Gasteiger charge is 2.16. The van der Waals surface area contributed by atoms with Crippen LogP contribution in [0, 0.1) is 24.0 Å². The Morgan fingerprint density at radius 3 is 2.60 bits per heavy atom. The van der Waals surface area contributed by atoms with Crippen molar-refractivity contribution in [1.29, 1.82) is 0 Å². The number of benzene rings is 2. The van der Waals surface area contributed by atoms with Crippen molar-refractivity contribution in [3.8, 4) is 5.75 Å². The van der Waals surface area contributed by atoms with Gasteiger partial charge in [-0.3, -0.25) is 19.7 Å². The van der Waals surface area contributed by atoms with Crippen molar-refractivity contribution < 1.29 is 28.4 Å². The molecule has 9 heteroatoms. The number of hydrogen-bond donors (Lipinski definition) is 1. The van der Waals surface area contributed by atoms with Crippen LogP contribution in [-0.2, 0) is 20.7 Å². The number of carbonyl (C=O) groups is 2. The Morgan fingerprint density at radius 1 is 1.17 bits per heavy atom. The van der Waals surface area contributed by atoms with Crippen molar-refractivity contribution >= 4 is 34.2 Å². The van der Waals surface area contributed by atoms with Gasteiger partial charge in [0.1, 0.15) is 11.3 Å². The van der Waals surface area contributed by atoms with Crippen LogP contribution in [0.5, 0.6) is 5.75 Å². The van der Waals surface area contributed by atoms with Crippen LogP contribution in [-0.4, -0.2) is 30.5 Å². The molecule has 0 saturated heterocycles. The van der Waals surface area contributed by atoms with E-state index in [0.717, 1.165) is 16.5 Å². The van der Waals surface area contributed by atoms with Gasteiger partial charge in [-0.2, -0.15) is 0 Å². The average Bonchev–Trinajstić information content (AvgIpc) is 3.08. The molecule has 3 rings (SSSR count). The van der Waals surface area contributed by atoms with Crippen LogP contribution in [0.3, 0.4) is 0 Å². The number of methoxy groups -OCH3 is 1. The maximum atomic E-state index is 12.2. The quantitative estimate of drug-likeness (QED) is 0.357. The van der Waals surface area contributed by atoms with Crippen molar-refractivity contribution in [2.75, 3.05) is 19.0 Å². The molecule has 1 heterocycles. The summed E-state index contributed by atoms with van der Waals surface area (Å²) in [6.45, 7) is 3.44. The number of aryl methyl sites for hydroxylation is 2. The number of nitrogens with one attached hydrogen (secondary N) is 1. The van der Waals surface area contributed by atoms with E-state index < -0.39 is 23.4 Å². The second kappa shape index (κ2) is 8.64. The summed E-state index contributed by atoms with van der Waals surface area (Å²) in [5.74, 6) is -1.06. The van der Waals surface area contributed by atoms with Crippen molar-refractivity contribution in [2.45, 2.75) is 20.3 Å². The lowest BCUT2D eigenvalue weighted by Crippen LogP contribution is -2.21. The molecule has 0 spiro atoms. The van der Waals surface area contributed by atoms with Gasteiger partial charge in [-0.25, -0.2) is 0 Å². The number of rotatable bonds is 7. The molecular weight excluding hydrogens is 392 g/mol. The zero-order chi connectivity index (χ0) is 21.8. The molecule has 0 fully saturated rings. The zero-order valence-corrected chi connectivity index (χ0v) is 16.7. The number of fused-ring (bicyclic) bond motifs is 1. The minimum atomic E-state index is -0.598. The summed E-state index contributed by atoms with van der Waals surface area (Å²) in [7, 11) is 1.33. The molecule has 1 aromatic heterocycles. The number of non-ortho nitro benzene ring substituents is 1. The summed E-state index contributed by atoms with van der Waals surface area (Å²) >= 11 is 0. The maximum absolute atomic E-state index is 12.2. The molecule has 1 amide bonds. The lowest BCUT2D eigenvalue weighted by Gasteiger charge is -2.10. The zero-order valence-electron chi connectivity index (χ0n) is 16.7. The normalized spacial score (nSPS) is 10.6. The van der Waals surface area contributed by atoms with Crippen LogP contribution in [0.15, 0.2) is 41.0 Å². The second-order valence-electron chi connectivity index (χ2n) is 6.72. The molecule has 3 aromatic rings. The minimum absolute atomic E-state index is 0.0381. The van der Waals surface area contributed by atoms with Crippen LogP contribution < -0.4 is 10.1 Å². The highest BCUT2D eigenvalue weighted by molar-refractivity contribution is 5.94. The largest absolute Gasteiger partial charge is 0.494 e. The first-order chi connectivity index (χ1) is 14.3. The third-order valence-corrected chi connectivity index (χ3v) is 4.64. The number of nitro groups is 1. The molecule has 156 valence electrons. The number of furan rings is 1. The Balaban J connectivity index is 1.59. The Morgan fingerprint density at radius 2 is 1.90 bits per heavy atom. The van der Waals surface area contributed by atoms with Crippen molar-refractivity contribution in [3.05, 3.63) is 63.4 Å². The van der Waals surface area contributed by atoms with E-state index in [4.69, 9.17) is 13.9 Å². The van der Waals surface area contributed by atoms with Crippen LogP contribution in [0.4, 0.5) is 11.4 Å². The molecular formula is C21H20N2O7. The first-order valence-corrected chi connectivity index (χ1v) is 9.03. The molecule has 0 radical (unpaired) electrons. The van der Waals surface area contributed by atoms with Crippen molar-refractivity contribution in [3.63, 3.8) is 0 Å². The number of esters is 1. The highest BCUT2D eigenvalue weighted by Crippen LogP contribution is 2.29. The van der Waals surface area contributed by atoms with E-state index in [0.29, 0.717) is 11.1 Å². The Bertz CT molecular complexity index is 1130. The fourth-order valence-electron chi connectivity index (χ4n) is 2.91. The first-order valence-electron chi connectivity index (χ1n) is 9.03. The van der Waals surface area contributed by atoms with Gasteiger partial charge in [0.15, 0.2) is 6.61 Å². The summed E-state index contributed by atoms with van der Waals surface area (Å²) in [6.07, 6.45) is 1.47. The molecule has 0 bridgehead atoms. The van der Waals surface area contributed by atoms with Crippen LogP contribution in [0.2, 0.25) is 0 Å². The molecule has 0 unspecified atom stereocenters. The molecule has 9 nitrogen and oxygen atoms in total. The van der Waals surface area contributed by atoms with Crippen molar-refractivity contribution in [2.24, 2.45) is 0 Å². The van der Waals surface area contributed by atoms with Gasteiger partial charge in [0.05, 0.1) is 36.5 Å². The number of hydrogen-bond acceptors (Lipinski definition) is 7. The molecule has 30 heavy (non-hydrogen) atoms. The standard InChI is InChI=1S/C21H20N2O7/c1-12-6-16-14(10-29-18(16)7-13(12)2)8-21(25)30-11-20(24)22-17-5-4-15(23(26)27)9-19(17)28-3/h4-7,9-10H,8,11H2,1-3H3,(H,22,24). The van der Waals surface area contributed by atoms with Gasteiger partial charge >= 0.3 is 5.97 Å². The van der Waals surface area contributed by atoms with Gasteiger partial charge in [-0.1, -0.05) is 0 Å². The molecule has 0 atom stereocenters. The van der Waals surface area contributed by atoms with Gasteiger partial charge < -0.3 is 19.2 Å². The molecule has 0 aliphatic carbocycles. The minimum Gasteiger partial charge on any atom is -0.494 e. The number of nitrogens with zero attached hydrogens (tertiary/aromatic N) is 1. The highest BCUT2D eigenvalue weighted by atomic mass is 16.6. The van der Waals surface area contributed by atoms with Gasteiger partial charge in [-0.05, 0) is 43.2 Å². The monoisotopic (exact) mass is 412 g/mol. The summed E-state index contributed by atoms with van der Waals surface area (Å²) in [4.78, 5) is 34.5. The fourth-order valence-corrected chi connectivity index (χ4v) is 2.91. The van der Waals surface area contributed by atoms with E-state index in [1.54, 1.807) is 0 Å². The van der Waals surface area contributed by atoms with Crippen LogP contribution in [0.1, 0.15) is 16.7 Å². The predicted molar refractivity (Wildman–Crippen MR) is 109 cm³/mol. The molecule has 2 aromatic carbocycles. The summed E-state index contributed by atoms with van der Waals surface area (Å²) in [5.41, 5.74) is 3.59. The van der Waals surface area contributed by atoms with E-state index in [1.165, 1.54) is 31.6 Å². The molecule has 0 aliphatic rings. The first kappa shape index (κ1) is 20.8. The fraction of sp³-hybridized carbons (Fsp3) is 0.238. The van der Waals surface area contributed by atoms with E-state index >= 15 is 0 Å². The predicted octanol–water partition coefficient (Wildman–Crippen LogP) is 3.69. The Kier molecular flexibility index (Phi) is 6.01. The second-order valence-corrected chi connectivity index (χ2v) is 6.72. The van der Waals surface area contributed by atoms with E-state index in [2.05, 4.69) is 5.32 Å². The third kappa shape index (κ3) is 4.57. The third-order valence-electron chi connectivity index (χ3n) is 4.64. The van der Waals surface area contributed by atoms with Gasteiger partial charge in [-0.15, -0.1) is 0 Å². The molecule has 1 N–H and O–H groups in total. The van der Waals surface area contributed by atoms with E-state index in [9.17, 15) is 19.7 Å². The number of carbonyl (C=O) groups excluding carboxylic acids is 2. The van der Waals surface area contributed by atoms with E-state index in [-0.39, 0.29) is 23.5 Å². The summed E-state index contributed by atoms with van der Waals surface area (Å²) in [6, 6.07) is 7.63. The van der Waals surface area contributed by atoms with E-state index in [1.807, 2.05) is 26.0 Å².